The molecule has 0 bridgehead atoms. The van der Waals surface area contributed by atoms with Gasteiger partial charge in [-0.05, 0) is 46.1 Å². The Bertz CT molecular complexity index is 987. The molecule has 0 radical (unpaired) electrons. The number of aromatic nitrogens is 4. The summed E-state index contributed by atoms with van der Waals surface area (Å²) in [5.74, 6) is 0.495. The van der Waals surface area contributed by atoms with Gasteiger partial charge in [0, 0.05) is 38.3 Å². The molecular formula is C24H36N6O2. The summed E-state index contributed by atoms with van der Waals surface area (Å²) in [5, 5.41) is 4.57. The van der Waals surface area contributed by atoms with Crippen LogP contribution in [0.5, 0.6) is 0 Å². The Labute approximate surface area is 191 Å². The third kappa shape index (κ3) is 4.69. The van der Waals surface area contributed by atoms with Crippen LogP contribution in [0, 0.1) is 6.92 Å². The second-order valence-electron chi connectivity index (χ2n) is 9.50. The quantitative estimate of drug-likeness (QED) is 0.708. The van der Waals surface area contributed by atoms with Crippen LogP contribution in [0.1, 0.15) is 98.0 Å². The largest absolute Gasteiger partial charge is 0.339 e. The summed E-state index contributed by atoms with van der Waals surface area (Å²) in [6.45, 7) is 14.0. The molecule has 3 heterocycles. The molecule has 1 aliphatic heterocycles. The number of carbonyl (C=O) groups is 2. The molecule has 32 heavy (non-hydrogen) atoms. The van der Waals surface area contributed by atoms with Crippen molar-refractivity contribution < 1.29 is 9.59 Å². The summed E-state index contributed by atoms with van der Waals surface area (Å²) in [6.07, 6.45) is 4.38. The van der Waals surface area contributed by atoms with Crippen molar-refractivity contribution in [3.05, 3.63) is 40.7 Å². The molecule has 2 aromatic rings. The fourth-order valence-electron chi connectivity index (χ4n) is 4.16. The molecule has 0 N–H and O–H groups in total. The molecule has 1 atom stereocenters. The van der Waals surface area contributed by atoms with Gasteiger partial charge in [-0.2, -0.15) is 5.10 Å². The summed E-state index contributed by atoms with van der Waals surface area (Å²) < 4.78 is 1.67. The van der Waals surface area contributed by atoms with Crippen LogP contribution in [-0.4, -0.2) is 61.0 Å². The van der Waals surface area contributed by atoms with E-state index < -0.39 is 0 Å². The second kappa shape index (κ2) is 9.38. The zero-order valence-corrected chi connectivity index (χ0v) is 20.5. The van der Waals surface area contributed by atoms with Gasteiger partial charge in [-0.3, -0.25) is 14.3 Å². The van der Waals surface area contributed by atoms with E-state index in [0.717, 1.165) is 25.0 Å². The van der Waals surface area contributed by atoms with Crippen molar-refractivity contribution in [3.8, 4) is 0 Å². The molecule has 0 aliphatic carbocycles. The average molecular weight is 441 g/mol. The number of aryl methyl sites for hydroxylation is 2. The predicted octanol–water partition coefficient (Wildman–Crippen LogP) is 3.67. The van der Waals surface area contributed by atoms with Crippen LogP contribution in [0.15, 0.2) is 12.3 Å². The van der Waals surface area contributed by atoms with E-state index in [-0.39, 0.29) is 23.3 Å². The van der Waals surface area contributed by atoms with Crippen LogP contribution >= 0.6 is 0 Å². The van der Waals surface area contributed by atoms with E-state index in [1.165, 1.54) is 0 Å². The molecule has 0 unspecified atom stereocenters. The maximum atomic E-state index is 13.5. The van der Waals surface area contributed by atoms with Crippen LogP contribution in [0.4, 0.5) is 0 Å². The third-order valence-electron chi connectivity index (χ3n) is 6.21. The monoisotopic (exact) mass is 440 g/mol. The van der Waals surface area contributed by atoms with Crippen molar-refractivity contribution in [3.63, 3.8) is 0 Å². The smallest absolute Gasteiger partial charge is 0.272 e. The summed E-state index contributed by atoms with van der Waals surface area (Å²) in [7, 11) is 1.82. The first-order valence-corrected chi connectivity index (χ1v) is 11.6. The van der Waals surface area contributed by atoms with Gasteiger partial charge in [0.2, 0.25) is 0 Å². The van der Waals surface area contributed by atoms with Crippen molar-refractivity contribution in [2.24, 2.45) is 7.05 Å². The van der Waals surface area contributed by atoms with Crippen LogP contribution in [0.25, 0.3) is 0 Å². The zero-order chi connectivity index (χ0) is 23.6. The first-order valence-electron chi connectivity index (χ1n) is 11.6. The lowest BCUT2D eigenvalue weighted by Crippen LogP contribution is -2.40. The molecule has 8 nitrogen and oxygen atoms in total. The van der Waals surface area contributed by atoms with Crippen molar-refractivity contribution in [1.29, 1.82) is 0 Å². The van der Waals surface area contributed by atoms with Crippen LogP contribution < -0.4 is 0 Å². The first kappa shape index (κ1) is 23.9. The van der Waals surface area contributed by atoms with Gasteiger partial charge < -0.3 is 9.80 Å². The molecule has 3 rings (SSSR count). The number of carbonyl (C=O) groups excluding carboxylic acids is 2. The Kier molecular flexibility index (Phi) is 7.00. The van der Waals surface area contributed by atoms with Crippen molar-refractivity contribution >= 4 is 11.8 Å². The fourth-order valence-corrected chi connectivity index (χ4v) is 4.16. The number of nitrogens with zero attached hydrogens (tertiary/aromatic N) is 6. The van der Waals surface area contributed by atoms with E-state index in [9.17, 15) is 9.59 Å². The summed E-state index contributed by atoms with van der Waals surface area (Å²) in [6, 6.07) is 1.69. The van der Waals surface area contributed by atoms with E-state index in [1.807, 2.05) is 38.8 Å². The predicted molar refractivity (Wildman–Crippen MR) is 124 cm³/mol. The Morgan fingerprint density at radius 2 is 1.88 bits per heavy atom. The topological polar surface area (TPSA) is 84.2 Å². The summed E-state index contributed by atoms with van der Waals surface area (Å²) in [4.78, 5) is 39.2. The molecule has 1 fully saturated rings. The molecular weight excluding hydrogens is 404 g/mol. The van der Waals surface area contributed by atoms with Gasteiger partial charge in [-0.25, -0.2) is 9.97 Å². The van der Waals surface area contributed by atoms with Gasteiger partial charge in [0.1, 0.15) is 5.69 Å². The van der Waals surface area contributed by atoms with Gasteiger partial charge in [0.05, 0.1) is 23.0 Å². The highest BCUT2D eigenvalue weighted by Gasteiger charge is 2.33. The van der Waals surface area contributed by atoms with Crippen LogP contribution in [0.2, 0.25) is 0 Å². The van der Waals surface area contributed by atoms with E-state index in [4.69, 9.17) is 0 Å². The van der Waals surface area contributed by atoms with Crippen LogP contribution in [-0.2, 0) is 12.5 Å². The average Bonchev–Trinajstić information content (AvgIpc) is 3.16. The minimum absolute atomic E-state index is 0.0512. The maximum absolute atomic E-state index is 13.5. The number of hydrogen-bond donors (Lipinski definition) is 0. The maximum Gasteiger partial charge on any atom is 0.272 e. The number of amides is 2. The van der Waals surface area contributed by atoms with E-state index in [1.54, 1.807) is 15.8 Å². The van der Waals surface area contributed by atoms with E-state index >= 15 is 0 Å². The summed E-state index contributed by atoms with van der Waals surface area (Å²) >= 11 is 0. The van der Waals surface area contributed by atoms with Crippen molar-refractivity contribution in [1.82, 2.24) is 29.5 Å². The number of hydrogen-bond acceptors (Lipinski definition) is 5. The number of likely N-dealkylation sites (tertiary alicyclic amines) is 1. The molecule has 2 aromatic heterocycles. The minimum Gasteiger partial charge on any atom is -0.339 e. The molecule has 0 aromatic carbocycles. The third-order valence-corrected chi connectivity index (χ3v) is 6.21. The molecule has 2 amide bonds. The minimum atomic E-state index is -0.208. The standard InChI is InChI=1S/C24H36N6O2/c1-8-29(9-2)22(31)17-15-25-21(26-16(17)3)18-12-10-11-13-30(18)23(32)19-14-20(24(4,5)6)27-28(19)7/h14-15,18H,8-13H2,1-7H3/t18-/m1/s1. The highest BCUT2D eigenvalue weighted by molar-refractivity contribution is 5.95. The summed E-state index contributed by atoms with van der Waals surface area (Å²) in [5.41, 5.74) is 2.51. The van der Waals surface area contributed by atoms with Gasteiger partial charge in [-0.1, -0.05) is 20.8 Å². The lowest BCUT2D eigenvalue weighted by Gasteiger charge is -2.34. The van der Waals surface area contributed by atoms with E-state index in [2.05, 4.69) is 35.8 Å². The van der Waals surface area contributed by atoms with Crippen molar-refractivity contribution in [2.75, 3.05) is 19.6 Å². The fraction of sp³-hybridized carbons (Fsp3) is 0.625. The molecule has 1 saturated heterocycles. The second-order valence-corrected chi connectivity index (χ2v) is 9.50. The Morgan fingerprint density at radius 3 is 2.44 bits per heavy atom. The number of piperidine rings is 1. The normalized spacial score (nSPS) is 16.8. The lowest BCUT2D eigenvalue weighted by atomic mass is 9.92. The molecule has 0 spiro atoms. The van der Waals surface area contributed by atoms with Gasteiger partial charge >= 0.3 is 0 Å². The van der Waals surface area contributed by atoms with Gasteiger partial charge in [0.15, 0.2) is 5.82 Å². The zero-order valence-electron chi connectivity index (χ0n) is 20.5. The van der Waals surface area contributed by atoms with Crippen LogP contribution in [0.3, 0.4) is 0 Å². The highest BCUT2D eigenvalue weighted by Crippen LogP contribution is 2.31. The van der Waals surface area contributed by atoms with Gasteiger partial charge in [0.25, 0.3) is 11.8 Å². The van der Waals surface area contributed by atoms with Gasteiger partial charge in [-0.15, -0.1) is 0 Å². The molecule has 8 heteroatoms. The first-order chi connectivity index (χ1) is 15.1. The molecule has 174 valence electrons. The Balaban J connectivity index is 1.90. The molecule has 0 saturated carbocycles. The number of rotatable bonds is 5. The molecule has 1 aliphatic rings. The Hall–Kier alpha value is -2.77. The lowest BCUT2D eigenvalue weighted by molar-refractivity contribution is 0.0587. The Morgan fingerprint density at radius 1 is 1.19 bits per heavy atom. The SMILES string of the molecule is CCN(CC)C(=O)c1cnc([C@H]2CCCCN2C(=O)c2cc(C(C)(C)C)nn2C)nc1C. The highest BCUT2D eigenvalue weighted by atomic mass is 16.2. The van der Waals surface area contributed by atoms with E-state index in [0.29, 0.717) is 42.4 Å². The van der Waals surface area contributed by atoms with Crippen molar-refractivity contribution in [2.45, 2.75) is 72.3 Å².